The number of nitrogens with one attached hydrogen (secondary N) is 1. The zero-order valence-electron chi connectivity index (χ0n) is 12.8. The van der Waals surface area contributed by atoms with Crippen LogP contribution in [0.1, 0.15) is 47.4 Å². The molecule has 2 aliphatic rings. The fraction of sp³-hybridized carbons (Fsp3) is 0.389. The molecular formula is C18H19FN2OS. The summed E-state index contributed by atoms with van der Waals surface area (Å²) in [5.41, 5.74) is 2.08. The molecule has 2 amide bonds. The highest BCUT2D eigenvalue weighted by Crippen LogP contribution is 2.36. The summed E-state index contributed by atoms with van der Waals surface area (Å²) in [7, 11) is 0. The first kappa shape index (κ1) is 14.7. The number of nitrogens with zero attached hydrogens (tertiary/aromatic N) is 1. The van der Waals surface area contributed by atoms with Gasteiger partial charge in [-0.1, -0.05) is 12.1 Å². The Morgan fingerprint density at radius 3 is 3.04 bits per heavy atom. The number of hydrogen-bond donors (Lipinski definition) is 1. The molecule has 2 heterocycles. The Morgan fingerprint density at radius 2 is 2.22 bits per heavy atom. The average molecular weight is 330 g/mol. The van der Waals surface area contributed by atoms with Gasteiger partial charge in [0.25, 0.3) is 0 Å². The van der Waals surface area contributed by atoms with E-state index in [9.17, 15) is 9.18 Å². The minimum Gasteiger partial charge on any atom is -0.331 e. The number of likely N-dealkylation sites (tertiary alicyclic amines) is 1. The third kappa shape index (κ3) is 2.74. The maximum absolute atomic E-state index is 13.5. The van der Waals surface area contributed by atoms with Crippen molar-refractivity contribution in [2.45, 2.75) is 37.8 Å². The summed E-state index contributed by atoms with van der Waals surface area (Å²) in [6, 6.07) is 9.11. The largest absolute Gasteiger partial charge is 0.331 e. The Kier molecular flexibility index (Phi) is 3.81. The summed E-state index contributed by atoms with van der Waals surface area (Å²) >= 11 is 1.70. The van der Waals surface area contributed by atoms with Gasteiger partial charge in [-0.3, -0.25) is 0 Å². The van der Waals surface area contributed by atoms with E-state index in [4.69, 9.17) is 0 Å². The number of thiophene rings is 1. The molecular weight excluding hydrogens is 311 g/mol. The third-order valence-corrected chi connectivity index (χ3v) is 5.84. The van der Waals surface area contributed by atoms with E-state index < -0.39 is 0 Å². The van der Waals surface area contributed by atoms with Crippen molar-refractivity contribution in [2.75, 3.05) is 6.54 Å². The van der Waals surface area contributed by atoms with Crippen LogP contribution in [0.3, 0.4) is 0 Å². The first-order valence-electron chi connectivity index (χ1n) is 8.11. The van der Waals surface area contributed by atoms with E-state index in [1.54, 1.807) is 17.4 Å². The van der Waals surface area contributed by atoms with Crippen LogP contribution < -0.4 is 5.32 Å². The highest BCUT2D eigenvalue weighted by Gasteiger charge is 2.33. The standard InChI is InChI=1S/C18H19FN2OS/c19-13-7-5-12-6-8-15(14(12)11-13)20-18(22)21-9-1-3-16(21)17-4-2-10-23-17/h2,4-5,7,10-11,15-16H,1,3,6,8-9H2,(H,20,22). The zero-order chi connectivity index (χ0) is 15.8. The van der Waals surface area contributed by atoms with Gasteiger partial charge in [0, 0.05) is 11.4 Å². The van der Waals surface area contributed by atoms with Gasteiger partial charge in [0.05, 0.1) is 12.1 Å². The predicted molar refractivity (Wildman–Crippen MR) is 89.0 cm³/mol. The third-order valence-electron chi connectivity index (χ3n) is 4.87. The summed E-state index contributed by atoms with van der Waals surface area (Å²) < 4.78 is 13.5. The van der Waals surface area contributed by atoms with Crippen molar-refractivity contribution in [1.82, 2.24) is 10.2 Å². The molecule has 23 heavy (non-hydrogen) atoms. The van der Waals surface area contributed by atoms with Crippen LogP contribution in [0.2, 0.25) is 0 Å². The number of aryl methyl sites for hydroxylation is 1. The lowest BCUT2D eigenvalue weighted by Gasteiger charge is -2.26. The molecule has 1 aromatic heterocycles. The van der Waals surface area contributed by atoms with Crippen LogP contribution in [0.4, 0.5) is 9.18 Å². The first-order valence-corrected chi connectivity index (χ1v) is 8.99. The molecule has 120 valence electrons. The Morgan fingerprint density at radius 1 is 1.30 bits per heavy atom. The number of benzene rings is 1. The smallest absolute Gasteiger partial charge is 0.318 e. The maximum Gasteiger partial charge on any atom is 0.318 e. The minimum absolute atomic E-state index is 0.0250. The van der Waals surface area contributed by atoms with Gasteiger partial charge >= 0.3 is 6.03 Å². The van der Waals surface area contributed by atoms with Gasteiger partial charge < -0.3 is 10.2 Å². The van der Waals surface area contributed by atoms with Crippen LogP contribution >= 0.6 is 11.3 Å². The molecule has 1 aromatic carbocycles. The summed E-state index contributed by atoms with van der Waals surface area (Å²) in [5, 5.41) is 5.18. The normalized spacial score (nSPS) is 23.1. The molecule has 0 bridgehead atoms. The van der Waals surface area contributed by atoms with Gasteiger partial charge in [-0.2, -0.15) is 0 Å². The number of carbonyl (C=O) groups excluding carboxylic acids is 1. The average Bonchev–Trinajstić information content (AvgIpc) is 3.27. The molecule has 0 spiro atoms. The van der Waals surface area contributed by atoms with Crippen molar-refractivity contribution in [2.24, 2.45) is 0 Å². The van der Waals surface area contributed by atoms with E-state index in [2.05, 4.69) is 16.8 Å². The SMILES string of the molecule is O=C(NC1CCc2ccc(F)cc21)N1CCCC1c1cccs1. The summed E-state index contributed by atoms with van der Waals surface area (Å²) in [5.74, 6) is -0.234. The summed E-state index contributed by atoms with van der Waals surface area (Å²) in [4.78, 5) is 15.9. The maximum atomic E-state index is 13.5. The zero-order valence-corrected chi connectivity index (χ0v) is 13.6. The molecule has 1 N–H and O–H groups in total. The Labute approximate surface area is 139 Å². The lowest BCUT2D eigenvalue weighted by Crippen LogP contribution is -2.40. The molecule has 1 fully saturated rings. The van der Waals surface area contributed by atoms with E-state index >= 15 is 0 Å². The minimum atomic E-state index is -0.234. The molecule has 0 saturated carbocycles. The van der Waals surface area contributed by atoms with Crippen LogP contribution in [-0.4, -0.2) is 17.5 Å². The van der Waals surface area contributed by atoms with Gasteiger partial charge in [-0.25, -0.2) is 9.18 Å². The second kappa shape index (κ2) is 5.96. The van der Waals surface area contributed by atoms with Crippen molar-refractivity contribution in [1.29, 1.82) is 0 Å². The lowest BCUT2D eigenvalue weighted by atomic mass is 10.1. The van der Waals surface area contributed by atoms with Crippen molar-refractivity contribution in [3.63, 3.8) is 0 Å². The Balaban J connectivity index is 1.50. The summed E-state index contributed by atoms with van der Waals surface area (Å²) in [6.07, 6.45) is 3.80. The Bertz CT molecular complexity index is 716. The highest BCUT2D eigenvalue weighted by molar-refractivity contribution is 7.10. The number of urea groups is 1. The van der Waals surface area contributed by atoms with Crippen molar-refractivity contribution >= 4 is 17.4 Å². The van der Waals surface area contributed by atoms with E-state index in [1.807, 2.05) is 17.0 Å². The monoisotopic (exact) mass is 330 g/mol. The molecule has 1 aliphatic heterocycles. The van der Waals surface area contributed by atoms with Crippen molar-refractivity contribution < 1.29 is 9.18 Å². The molecule has 4 rings (SSSR count). The van der Waals surface area contributed by atoms with Gasteiger partial charge in [0.15, 0.2) is 0 Å². The molecule has 1 aliphatic carbocycles. The van der Waals surface area contributed by atoms with Gasteiger partial charge in [-0.05, 0) is 60.4 Å². The first-order chi connectivity index (χ1) is 11.2. The van der Waals surface area contributed by atoms with Crippen LogP contribution in [0.15, 0.2) is 35.7 Å². The number of fused-ring (bicyclic) bond motifs is 1. The van der Waals surface area contributed by atoms with Crippen LogP contribution in [0.25, 0.3) is 0 Å². The molecule has 0 radical (unpaired) electrons. The van der Waals surface area contributed by atoms with Gasteiger partial charge in [-0.15, -0.1) is 11.3 Å². The van der Waals surface area contributed by atoms with E-state index in [-0.39, 0.29) is 23.9 Å². The number of carbonyl (C=O) groups is 1. The molecule has 1 saturated heterocycles. The quantitative estimate of drug-likeness (QED) is 0.868. The molecule has 2 atom stereocenters. The lowest BCUT2D eigenvalue weighted by molar-refractivity contribution is 0.189. The molecule has 3 nitrogen and oxygen atoms in total. The van der Waals surface area contributed by atoms with Crippen LogP contribution in [0.5, 0.6) is 0 Å². The second-order valence-corrected chi connectivity index (χ2v) is 7.23. The van der Waals surface area contributed by atoms with E-state index in [0.29, 0.717) is 0 Å². The number of hydrogen-bond acceptors (Lipinski definition) is 2. The topological polar surface area (TPSA) is 32.3 Å². The fourth-order valence-electron chi connectivity index (χ4n) is 3.74. The van der Waals surface area contributed by atoms with E-state index in [0.717, 1.165) is 43.4 Å². The highest BCUT2D eigenvalue weighted by atomic mass is 32.1. The van der Waals surface area contributed by atoms with Crippen LogP contribution in [0, 0.1) is 5.82 Å². The number of halogens is 1. The number of amides is 2. The second-order valence-electron chi connectivity index (χ2n) is 6.25. The molecule has 2 aromatic rings. The van der Waals surface area contributed by atoms with Crippen molar-refractivity contribution in [3.05, 3.63) is 57.5 Å². The summed E-state index contributed by atoms with van der Waals surface area (Å²) in [6.45, 7) is 0.789. The van der Waals surface area contributed by atoms with Crippen LogP contribution in [-0.2, 0) is 6.42 Å². The predicted octanol–water partition coefficient (Wildman–Crippen LogP) is 4.42. The van der Waals surface area contributed by atoms with Gasteiger partial charge in [0.1, 0.15) is 5.82 Å². The van der Waals surface area contributed by atoms with E-state index in [1.165, 1.54) is 10.9 Å². The molecule has 5 heteroatoms. The Hall–Kier alpha value is -1.88. The number of rotatable bonds is 2. The van der Waals surface area contributed by atoms with Gasteiger partial charge in [0.2, 0.25) is 0 Å². The fourth-order valence-corrected chi connectivity index (χ4v) is 4.62. The molecule has 2 unspecified atom stereocenters. The van der Waals surface area contributed by atoms with Crippen molar-refractivity contribution in [3.8, 4) is 0 Å².